The summed E-state index contributed by atoms with van der Waals surface area (Å²) in [6.07, 6.45) is -0.794. The van der Waals surface area contributed by atoms with Crippen LogP contribution in [-0.4, -0.2) is 18.5 Å². The third-order valence-corrected chi connectivity index (χ3v) is 5.76. The highest BCUT2D eigenvalue weighted by Gasteiger charge is 2.18. The van der Waals surface area contributed by atoms with E-state index in [-0.39, 0.29) is 10.7 Å². The molecule has 7 heteroatoms. The molecule has 6 nitrogen and oxygen atoms in total. The molecule has 0 radical (unpaired) electrons. The van der Waals surface area contributed by atoms with Gasteiger partial charge >= 0.3 is 0 Å². The maximum Gasteiger partial charge on any atom is 0.263 e. The topological polar surface area (TPSA) is 103 Å². The fourth-order valence-corrected chi connectivity index (χ4v) is 4.03. The first kappa shape index (κ1) is 19.5. The maximum absolute atomic E-state index is 12.8. The largest absolute Gasteiger partial charge is 0.387 e. The summed E-state index contributed by atoms with van der Waals surface area (Å²) in [4.78, 5) is 4.27. The molecule has 0 saturated heterocycles. The number of pyridine rings is 1. The van der Waals surface area contributed by atoms with Crippen molar-refractivity contribution in [1.82, 2.24) is 4.98 Å². The van der Waals surface area contributed by atoms with Crippen LogP contribution in [0.25, 0.3) is 11.1 Å². The number of benzene rings is 2. The first-order valence-corrected chi connectivity index (χ1v) is 10.1. The molecule has 0 saturated carbocycles. The minimum absolute atomic E-state index is 0.147. The summed E-state index contributed by atoms with van der Waals surface area (Å²) in [5.74, 6) is 0.147. The number of aliphatic hydroxyl groups excluding tert-OH is 1. The van der Waals surface area contributed by atoms with Crippen molar-refractivity contribution in [1.29, 1.82) is 5.26 Å². The summed E-state index contributed by atoms with van der Waals surface area (Å²) in [5.41, 5.74) is 3.28. The Labute approximate surface area is 164 Å². The Morgan fingerprint density at radius 3 is 2.36 bits per heavy atom. The zero-order chi connectivity index (χ0) is 20.3. The van der Waals surface area contributed by atoms with Crippen LogP contribution in [0.2, 0.25) is 0 Å². The van der Waals surface area contributed by atoms with Crippen molar-refractivity contribution in [2.24, 2.45) is 0 Å². The van der Waals surface area contributed by atoms with Gasteiger partial charge in [-0.15, -0.1) is 0 Å². The molecule has 1 aromatic heterocycles. The Kier molecular flexibility index (Phi) is 5.45. The van der Waals surface area contributed by atoms with Crippen LogP contribution in [0.4, 0.5) is 5.82 Å². The highest BCUT2D eigenvalue weighted by atomic mass is 32.2. The van der Waals surface area contributed by atoms with Gasteiger partial charge in [0.15, 0.2) is 0 Å². The third kappa shape index (κ3) is 4.19. The minimum Gasteiger partial charge on any atom is -0.387 e. The van der Waals surface area contributed by atoms with Crippen molar-refractivity contribution >= 4 is 15.8 Å². The van der Waals surface area contributed by atoms with Crippen molar-refractivity contribution in [3.63, 3.8) is 0 Å². The highest BCUT2D eigenvalue weighted by Crippen LogP contribution is 2.26. The van der Waals surface area contributed by atoms with Gasteiger partial charge in [0.05, 0.1) is 28.3 Å². The number of aryl methyl sites for hydroxylation is 1. The molecule has 0 fully saturated rings. The number of rotatable bonds is 5. The normalized spacial score (nSPS) is 12.2. The van der Waals surface area contributed by atoms with Gasteiger partial charge in [-0.3, -0.25) is 4.72 Å². The van der Waals surface area contributed by atoms with Gasteiger partial charge in [0, 0.05) is 0 Å². The van der Waals surface area contributed by atoms with E-state index < -0.39 is 16.1 Å². The molecule has 0 aliphatic rings. The monoisotopic (exact) mass is 393 g/mol. The first-order valence-electron chi connectivity index (χ1n) is 8.59. The fourth-order valence-electron chi connectivity index (χ4n) is 2.80. The zero-order valence-corrected chi connectivity index (χ0v) is 16.2. The number of nitriles is 1. The van der Waals surface area contributed by atoms with Crippen molar-refractivity contribution in [2.45, 2.75) is 24.8 Å². The Bertz CT molecular complexity index is 1150. The van der Waals surface area contributed by atoms with E-state index >= 15 is 0 Å². The molecule has 1 atom stereocenters. The Morgan fingerprint density at radius 2 is 1.75 bits per heavy atom. The van der Waals surface area contributed by atoms with Crippen LogP contribution in [0.5, 0.6) is 0 Å². The van der Waals surface area contributed by atoms with Gasteiger partial charge in [-0.2, -0.15) is 5.26 Å². The van der Waals surface area contributed by atoms with Gasteiger partial charge in [0.2, 0.25) is 0 Å². The van der Waals surface area contributed by atoms with E-state index in [1.165, 1.54) is 6.07 Å². The van der Waals surface area contributed by atoms with Crippen LogP contribution in [0, 0.1) is 18.3 Å². The molecule has 0 aliphatic carbocycles. The van der Waals surface area contributed by atoms with Crippen LogP contribution in [-0.2, 0) is 10.0 Å². The molecule has 0 aliphatic heterocycles. The second-order valence-electron chi connectivity index (χ2n) is 6.40. The van der Waals surface area contributed by atoms with Gasteiger partial charge < -0.3 is 5.11 Å². The molecule has 2 N–H and O–H groups in total. The van der Waals surface area contributed by atoms with E-state index in [1.807, 2.05) is 12.1 Å². The van der Waals surface area contributed by atoms with E-state index in [2.05, 4.69) is 15.8 Å². The standard InChI is InChI=1S/C21H19N3O3S/c1-14-12-18(17-8-6-16(13-22)7-9-17)10-11-20(14)28(26,27)24-21-5-3-4-19(23-21)15(2)25/h3-12,15,25H,1-2H3,(H,23,24). The Balaban J connectivity index is 1.90. The van der Waals surface area contributed by atoms with Crippen LogP contribution in [0.1, 0.15) is 29.8 Å². The predicted octanol–water partition coefficient (Wildman–Crippen LogP) is 3.78. The average Bonchev–Trinajstić information content (AvgIpc) is 2.67. The van der Waals surface area contributed by atoms with Crippen LogP contribution >= 0.6 is 0 Å². The second-order valence-corrected chi connectivity index (χ2v) is 8.05. The lowest BCUT2D eigenvalue weighted by Gasteiger charge is -2.12. The zero-order valence-electron chi connectivity index (χ0n) is 15.4. The molecule has 28 heavy (non-hydrogen) atoms. The third-order valence-electron chi connectivity index (χ3n) is 4.25. The summed E-state index contributed by atoms with van der Waals surface area (Å²) >= 11 is 0. The highest BCUT2D eigenvalue weighted by molar-refractivity contribution is 7.92. The predicted molar refractivity (Wildman–Crippen MR) is 107 cm³/mol. The number of sulfonamides is 1. The molecule has 3 aromatic rings. The van der Waals surface area contributed by atoms with E-state index in [9.17, 15) is 13.5 Å². The Hall–Kier alpha value is -3.21. The number of aliphatic hydroxyl groups is 1. The lowest BCUT2D eigenvalue weighted by Crippen LogP contribution is -2.15. The number of aromatic nitrogens is 1. The van der Waals surface area contributed by atoms with Crippen molar-refractivity contribution in [3.8, 4) is 17.2 Å². The summed E-state index contributed by atoms with van der Waals surface area (Å²) in [7, 11) is -3.83. The van der Waals surface area contributed by atoms with Gasteiger partial charge in [-0.05, 0) is 60.9 Å². The molecule has 1 heterocycles. The average molecular weight is 393 g/mol. The quantitative estimate of drug-likeness (QED) is 0.687. The molecule has 0 bridgehead atoms. The molecule has 1 unspecified atom stereocenters. The number of nitrogens with zero attached hydrogens (tertiary/aromatic N) is 2. The minimum atomic E-state index is -3.83. The van der Waals surface area contributed by atoms with Crippen molar-refractivity contribution in [2.75, 3.05) is 4.72 Å². The Morgan fingerprint density at radius 1 is 1.07 bits per heavy atom. The SMILES string of the molecule is Cc1cc(-c2ccc(C#N)cc2)ccc1S(=O)(=O)Nc1cccc(C(C)O)n1. The van der Waals surface area contributed by atoms with Crippen LogP contribution < -0.4 is 4.72 Å². The van der Waals surface area contributed by atoms with Crippen LogP contribution in [0.15, 0.2) is 65.6 Å². The number of anilines is 1. The van der Waals surface area contributed by atoms with E-state index in [1.54, 1.807) is 56.3 Å². The molecule has 142 valence electrons. The van der Waals surface area contributed by atoms with Gasteiger partial charge in [0.1, 0.15) is 5.82 Å². The molecule has 0 amide bonds. The lowest BCUT2D eigenvalue weighted by atomic mass is 10.0. The smallest absolute Gasteiger partial charge is 0.263 e. The van der Waals surface area contributed by atoms with Gasteiger partial charge in [0.25, 0.3) is 10.0 Å². The maximum atomic E-state index is 12.8. The number of nitrogens with one attached hydrogen (secondary N) is 1. The molecule has 3 rings (SSSR count). The molecular formula is C21H19N3O3S. The summed E-state index contributed by atoms with van der Waals surface area (Å²) in [5, 5.41) is 18.5. The summed E-state index contributed by atoms with van der Waals surface area (Å²) in [6, 6.07) is 19.0. The van der Waals surface area contributed by atoms with Crippen LogP contribution in [0.3, 0.4) is 0 Å². The van der Waals surface area contributed by atoms with Crippen molar-refractivity contribution < 1.29 is 13.5 Å². The van der Waals surface area contributed by atoms with E-state index in [0.29, 0.717) is 16.8 Å². The van der Waals surface area contributed by atoms with Gasteiger partial charge in [-0.25, -0.2) is 13.4 Å². The van der Waals surface area contributed by atoms with E-state index in [0.717, 1.165) is 11.1 Å². The van der Waals surface area contributed by atoms with Gasteiger partial charge in [-0.1, -0.05) is 30.3 Å². The first-order chi connectivity index (χ1) is 13.3. The van der Waals surface area contributed by atoms with E-state index in [4.69, 9.17) is 5.26 Å². The molecule has 2 aromatic carbocycles. The number of hydrogen-bond donors (Lipinski definition) is 2. The number of hydrogen-bond acceptors (Lipinski definition) is 5. The second kappa shape index (κ2) is 7.80. The summed E-state index contributed by atoms with van der Waals surface area (Å²) < 4.78 is 28.0. The fraction of sp³-hybridized carbons (Fsp3) is 0.143. The molecular weight excluding hydrogens is 374 g/mol. The lowest BCUT2D eigenvalue weighted by molar-refractivity contribution is 0.194. The summed E-state index contributed by atoms with van der Waals surface area (Å²) in [6.45, 7) is 3.29. The van der Waals surface area contributed by atoms with Crippen molar-refractivity contribution in [3.05, 3.63) is 77.5 Å². The molecule has 0 spiro atoms.